The van der Waals surface area contributed by atoms with Gasteiger partial charge in [-0.25, -0.2) is 4.98 Å². The van der Waals surface area contributed by atoms with E-state index in [0.29, 0.717) is 54.6 Å². The zero-order chi connectivity index (χ0) is 37.2. The molecular weight excluding hydrogens is 719 g/mol. The maximum atomic E-state index is 13.1. The number of piperazine rings is 1. The summed E-state index contributed by atoms with van der Waals surface area (Å²) in [5.74, 6) is 2.95. The average Bonchev–Trinajstić information content (AvgIpc) is 3.16. The number of pyridine rings is 2. The molecule has 282 valence electrons. The number of halogens is 2. The molecule has 5 aromatic rings. The van der Waals surface area contributed by atoms with Crippen molar-refractivity contribution in [1.82, 2.24) is 19.8 Å². The summed E-state index contributed by atoms with van der Waals surface area (Å²) in [5, 5.41) is 0.437. The predicted molar refractivity (Wildman–Crippen MR) is 218 cm³/mol. The van der Waals surface area contributed by atoms with Crippen LogP contribution in [0.3, 0.4) is 0 Å². The number of nitrogens with zero attached hydrogens (tertiary/aromatic N) is 4. The van der Waals surface area contributed by atoms with Crippen molar-refractivity contribution in [2.45, 2.75) is 53.2 Å². The summed E-state index contributed by atoms with van der Waals surface area (Å²) in [6.07, 6.45) is 5.90. The number of rotatable bonds is 14. The van der Waals surface area contributed by atoms with Crippen molar-refractivity contribution in [2.75, 3.05) is 32.8 Å². The van der Waals surface area contributed by atoms with Gasteiger partial charge in [0.2, 0.25) is 11.8 Å². The molecule has 3 heterocycles. The second kappa shape index (κ2) is 19.4. The number of benzene rings is 3. The van der Waals surface area contributed by atoms with E-state index in [1.165, 1.54) is 16.7 Å². The van der Waals surface area contributed by atoms with Crippen molar-refractivity contribution in [2.24, 2.45) is 0 Å². The third kappa shape index (κ3) is 11.6. The van der Waals surface area contributed by atoms with Crippen LogP contribution in [0.5, 0.6) is 23.1 Å². The lowest BCUT2D eigenvalue weighted by Crippen LogP contribution is -2.47. The van der Waals surface area contributed by atoms with Crippen LogP contribution in [0.25, 0.3) is 6.08 Å². The fourth-order valence-electron chi connectivity index (χ4n) is 6.14. The second-order valence-electron chi connectivity index (χ2n) is 13.7. The molecule has 1 amide bonds. The number of hydrogen-bond acceptors (Lipinski definition) is 7. The summed E-state index contributed by atoms with van der Waals surface area (Å²) in [6, 6.07) is 30.3. The Hall–Kier alpha value is -4.89. The maximum absolute atomic E-state index is 13.1. The Morgan fingerprint density at radius 3 is 2.26 bits per heavy atom. The predicted octanol–water partition coefficient (Wildman–Crippen LogP) is 9.64. The van der Waals surface area contributed by atoms with E-state index >= 15 is 0 Å². The first-order valence-corrected chi connectivity index (χ1v) is 18.6. The van der Waals surface area contributed by atoms with Gasteiger partial charge in [-0.15, -0.1) is 12.4 Å². The SMILES string of the molecule is Cc1cccc(COc2ccc(Oc3c(C)cc(/C=C/C(=O)N4CCN(Cc5ccc(CCOc6ccc(C(C)C)cc6)cc5)CC4)cc3Cl)nc2)n1.Cl. The Labute approximate surface area is 330 Å². The molecule has 10 heteroatoms. The summed E-state index contributed by atoms with van der Waals surface area (Å²) in [5.41, 5.74) is 7.30. The summed E-state index contributed by atoms with van der Waals surface area (Å²) >= 11 is 6.63. The zero-order valence-electron chi connectivity index (χ0n) is 31.3. The number of ether oxygens (including phenoxy) is 3. The first-order valence-electron chi connectivity index (χ1n) is 18.2. The van der Waals surface area contributed by atoms with Crippen molar-refractivity contribution < 1.29 is 19.0 Å². The lowest BCUT2D eigenvalue weighted by molar-refractivity contribution is -0.127. The molecule has 0 N–H and O–H groups in total. The summed E-state index contributed by atoms with van der Waals surface area (Å²) in [4.78, 5) is 26.2. The molecule has 1 aliphatic rings. The van der Waals surface area contributed by atoms with Crippen molar-refractivity contribution in [3.05, 3.63) is 147 Å². The normalized spacial score (nSPS) is 13.2. The van der Waals surface area contributed by atoms with Gasteiger partial charge < -0.3 is 19.1 Å². The Morgan fingerprint density at radius 1 is 0.870 bits per heavy atom. The van der Waals surface area contributed by atoms with E-state index in [-0.39, 0.29) is 18.3 Å². The standard InChI is InChI=1S/C44H47ClN4O4.ClH/c1-31(2)37-13-15-39(16-14-37)51-25-20-34-8-10-35(11-9-34)29-48-21-23-49(24-22-48)43(50)19-12-36-26-32(3)44(41(45)27-36)53-42-18-17-40(28-46-42)52-30-38-7-5-6-33(4)47-38;/h5-19,26-28,31H,20-25,29-30H2,1-4H3;1H/b19-12+;. The molecule has 1 saturated heterocycles. The number of hydrogen-bond donors (Lipinski definition) is 0. The molecule has 0 radical (unpaired) electrons. The number of aromatic nitrogens is 2. The minimum absolute atomic E-state index is 0. The third-order valence-electron chi connectivity index (χ3n) is 9.24. The van der Waals surface area contributed by atoms with Gasteiger partial charge in [-0.1, -0.05) is 67.9 Å². The minimum atomic E-state index is -0.00845. The van der Waals surface area contributed by atoms with Crippen LogP contribution in [-0.4, -0.2) is 58.5 Å². The summed E-state index contributed by atoms with van der Waals surface area (Å²) in [6.45, 7) is 13.1. The molecule has 3 aromatic carbocycles. The maximum Gasteiger partial charge on any atom is 0.246 e. The third-order valence-corrected chi connectivity index (χ3v) is 9.52. The molecular formula is C44H48Cl2N4O4. The average molecular weight is 768 g/mol. The minimum Gasteiger partial charge on any atom is -0.493 e. The van der Waals surface area contributed by atoms with Gasteiger partial charge in [-0.05, 0) is 96.1 Å². The number of amides is 1. The van der Waals surface area contributed by atoms with Crippen LogP contribution >= 0.6 is 24.0 Å². The van der Waals surface area contributed by atoms with Gasteiger partial charge in [0, 0.05) is 57.0 Å². The van der Waals surface area contributed by atoms with E-state index in [2.05, 4.69) is 77.2 Å². The van der Waals surface area contributed by atoms with E-state index in [1.807, 2.05) is 43.0 Å². The molecule has 0 bridgehead atoms. The van der Waals surface area contributed by atoms with Crippen LogP contribution in [0.1, 0.15) is 59.0 Å². The van der Waals surface area contributed by atoms with Crippen LogP contribution in [0, 0.1) is 13.8 Å². The Morgan fingerprint density at radius 2 is 1.59 bits per heavy atom. The van der Waals surface area contributed by atoms with E-state index < -0.39 is 0 Å². The van der Waals surface area contributed by atoms with Gasteiger partial charge in [0.05, 0.1) is 23.5 Å². The van der Waals surface area contributed by atoms with Gasteiger partial charge in [0.25, 0.3) is 0 Å². The lowest BCUT2D eigenvalue weighted by atomic mass is 10.0. The van der Waals surface area contributed by atoms with Crippen molar-refractivity contribution in [1.29, 1.82) is 0 Å². The zero-order valence-corrected chi connectivity index (χ0v) is 32.9. The molecule has 0 unspecified atom stereocenters. The van der Waals surface area contributed by atoms with E-state index in [9.17, 15) is 4.79 Å². The van der Waals surface area contributed by atoms with Crippen molar-refractivity contribution in [3.63, 3.8) is 0 Å². The molecule has 1 fully saturated rings. The van der Waals surface area contributed by atoms with E-state index in [0.717, 1.165) is 54.3 Å². The largest absolute Gasteiger partial charge is 0.493 e. The topological polar surface area (TPSA) is 77.0 Å². The Bertz CT molecular complexity index is 1970. The van der Waals surface area contributed by atoms with Gasteiger partial charge >= 0.3 is 0 Å². The molecule has 54 heavy (non-hydrogen) atoms. The van der Waals surface area contributed by atoms with Crippen molar-refractivity contribution >= 4 is 36.0 Å². The Kier molecular flexibility index (Phi) is 14.5. The fourth-order valence-corrected chi connectivity index (χ4v) is 6.46. The fraction of sp³-hybridized carbons (Fsp3) is 0.295. The van der Waals surface area contributed by atoms with Crippen LogP contribution in [0.15, 0.2) is 103 Å². The van der Waals surface area contributed by atoms with Gasteiger partial charge in [0.1, 0.15) is 18.1 Å². The number of aryl methyl sites for hydroxylation is 2. The highest BCUT2D eigenvalue weighted by atomic mass is 35.5. The molecule has 6 rings (SSSR count). The second-order valence-corrected chi connectivity index (χ2v) is 14.1. The van der Waals surface area contributed by atoms with Crippen molar-refractivity contribution in [3.8, 4) is 23.1 Å². The highest BCUT2D eigenvalue weighted by Crippen LogP contribution is 2.34. The molecule has 0 atom stereocenters. The molecule has 8 nitrogen and oxygen atoms in total. The van der Waals surface area contributed by atoms with Crippen LogP contribution in [-0.2, 0) is 24.4 Å². The van der Waals surface area contributed by atoms with E-state index in [1.54, 1.807) is 36.5 Å². The smallest absolute Gasteiger partial charge is 0.246 e. The van der Waals surface area contributed by atoms with Gasteiger partial charge in [-0.3, -0.25) is 14.7 Å². The first-order chi connectivity index (χ1) is 25.7. The number of carbonyl (C=O) groups excluding carboxylic acids is 1. The van der Waals surface area contributed by atoms with Crippen LogP contribution < -0.4 is 14.2 Å². The van der Waals surface area contributed by atoms with Gasteiger partial charge in [-0.2, -0.15) is 0 Å². The lowest BCUT2D eigenvalue weighted by Gasteiger charge is -2.34. The summed E-state index contributed by atoms with van der Waals surface area (Å²) in [7, 11) is 0. The highest BCUT2D eigenvalue weighted by Gasteiger charge is 2.20. The quantitative estimate of drug-likeness (QED) is 0.104. The highest BCUT2D eigenvalue weighted by molar-refractivity contribution is 6.32. The first kappa shape index (κ1) is 40.3. The summed E-state index contributed by atoms with van der Waals surface area (Å²) < 4.78 is 17.8. The monoisotopic (exact) mass is 766 g/mol. The molecule has 2 aromatic heterocycles. The molecule has 1 aliphatic heterocycles. The molecule has 0 spiro atoms. The van der Waals surface area contributed by atoms with Crippen LogP contribution in [0.4, 0.5) is 0 Å². The number of carbonyl (C=O) groups is 1. The van der Waals surface area contributed by atoms with E-state index in [4.69, 9.17) is 25.8 Å². The molecule has 0 saturated carbocycles. The van der Waals surface area contributed by atoms with Crippen LogP contribution in [0.2, 0.25) is 5.02 Å². The molecule has 0 aliphatic carbocycles. The van der Waals surface area contributed by atoms with Gasteiger partial charge in [0.15, 0.2) is 5.75 Å². The Balaban J connectivity index is 0.00000561.